The molecule has 0 aromatic heterocycles. The Balaban J connectivity index is 3.03. The summed E-state index contributed by atoms with van der Waals surface area (Å²) < 4.78 is 47.4. The van der Waals surface area contributed by atoms with E-state index in [1.807, 2.05) is 0 Å². The van der Waals surface area contributed by atoms with Crippen molar-refractivity contribution in [1.82, 2.24) is 0 Å². The van der Waals surface area contributed by atoms with E-state index in [-0.39, 0.29) is 10.6 Å². The fraction of sp³-hybridized carbons (Fsp3) is 0.538. The highest BCUT2D eigenvalue weighted by atomic mass is 32.2. The Morgan fingerprint density at radius 3 is 2.05 bits per heavy atom. The van der Waals surface area contributed by atoms with E-state index < -0.39 is 35.9 Å². The van der Waals surface area contributed by atoms with Crippen molar-refractivity contribution in [3.63, 3.8) is 0 Å². The average molecular weight is 319 g/mol. The van der Waals surface area contributed by atoms with Gasteiger partial charge >= 0.3 is 0 Å². The molecule has 1 aromatic carbocycles. The number of aryl methyl sites for hydroxylation is 1. The standard InChI is InChI=1S/C13H21NO4S2/c1-10-5-6-12(11(14)9-10)19(15,16)7-8-20(17,18)13(2,3)4/h5-6,9H,7-8,14H2,1-4H3. The Hall–Kier alpha value is -1.08. The molecule has 0 aliphatic rings. The first-order valence-electron chi connectivity index (χ1n) is 6.18. The second kappa shape index (κ2) is 5.37. The van der Waals surface area contributed by atoms with E-state index in [4.69, 9.17) is 5.73 Å². The minimum atomic E-state index is -3.71. The fourth-order valence-electron chi connectivity index (χ4n) is 1.59. The van der Waals surface area contributed by atoms with E-state index in [2.05, 4.69) is 0 Å². The number of anilines is 1. The highest BCUT2D eigenvalue weighted by Crippen LogP contribution is 2.23. The van der Waals surface area contributed by atoms with Crippen LogP contribution in [-0.4, -0.2) is 33.1 Å². The lowest BCUT2D eigenvalue weighted by Crippen LogP contribution is -2.33. The maximum Gasteiger partial charge on any atom is 0.181 e. The summed E-state index contributed by atoms with van der Waals surface area (Å²) in [5, 5.41) is 0. The molecule has 0 spiro atoms. The Bertz CT molecular complexity index is 698. The molecule has 20 heavy (non-hydrogen) atoms. The molecule has 0 fully saturated rings. The van der Waals surface area contributed by atoms with E-state index in [0.29, 0.717) is 0 Å². The molecule has 0 atom stereocenters. The smallest absolute Gasteiger partial charge is 0.181 e. The van der Waals surface area contributed by atoms with Crippen LogP contribution in [0.2, 0.25) is 0 Å². The van der Waals surface area contributed by atoms with Crippen LogP contribution in [0, 0.1) is 6.92 Å². The largest absolute Gasteiger partial charge is 0.398 e. The minimum Gasteiger partial charge on any atom is -0.398 e. The molecule has 0 saturated carbocycles. The number of sulfone groups is 2. The SMILES string of the molecule is Cc1ccc(S(=O)(=O)CCS(=O)(=O)C(C)(C)C)c(N)c1. The molecule has 0 saturated heterocycles. The predicted octanol–water partition coefficient (Wildman–Crippen LogP) is 1.56. The number of hydrogen-bond donors (Lipinski definition) is 1. The summed E-state index contributed by atoms with van der Waals surface area (Å²) in [7, 11) is -7.19. The van der Waals surface area contributed by atoms with Crippen LogP contribution in [0.3, 0.4) is 0 Å². The van der Waals surface area contributed by atoms with Crippen molar-refractivity contribution in [2.24, 2.45) is 0 Å². The lowest BCUT2D eigenvalue weighted by atomic mass is 10.2. The third-order valence-electron chi connectivity index (χ3n) is 3.05. The van der Waals surface area contributed by atoms with E-state index in [0.717, 1.165) is 5.56 Å². The minimum absolute atomic E-state index is 0.00721. The van der Waals surface area contributed by atoms with Crippen LogP contribution in [0.25, 0.3) is 0 Å². The number of nitrogen functional groups attached to an aromatic ring is 1. The summed E-state index contributed by atoms with van der Waals surface area (Å²) >= 11 is 0. The molecule has 1 aromatic rings. The molecule has 1 rings (SSSR count). The summed E-state index contributed by atoms with van der Waals surface area (Å²) in [4.78, 5) is -0.00721. The summed E-state index contributed by atoms with van der Waals surface area (Å²) in [6.07, 6.45) is 0. The van der Waals surface area contributed by atoms with Crippen LogP contribution in [0.5, 0.6) is 0 Å². The molecule has 0 unspecified atom stereocenters. The van der Waals surface area contributed by atoms with Gasteiger partial charge in [-0.1, -0.05) is 6.07 Å². The molecule has 0 radical (unpaired) electrons. The fourth-order valence-corrected chi connectivity index (χ4v) is 4.87. The molecule has 0 bridgehead atoms. The molecule has 0 amide bonds. The van der Waals surface area contributed by atoms with Crippen molar-refractivity contribution in [1.29, 1.82) is 0 Å². The topological polar surface area (TPSA) is 94.3 Å². The molecule has 0 aliphatic carbocycles. The first-order chi connectivity index (χ1) is 8.87. The first kappa shape index (κ1) is 17.0. The van der Waals surface area contributed by atoms with Crippen LogP contribution in [-0.2, 0) is 19.7 Å². The molecule has 114 valence electrons. The molecular formula is C13H21NO4S2. The third kappa shape index (κ3) is 3.73. The van der Waals surface area contributed by atoms with Crippen LogP contribution < -0.4 is 5.73 Å². The van der Waals surface area contributed by atoms with Crippen molar-refractivity contribution in [3.8, 4) is 0 Å². The van der Waals surface area contributed by atoms with Gasteiger partial charge in [-0.3, -0.25) is 0 Å². The van der Waals surface area contributed by atoms with Gasteiger partial charge in [0.05, 0.1) is 26.8 Å². The second-order valence-electron chi connectivity index (χ2n) is 5.79. The number of hydrogen-bond acceptors (Lipinski definition) is 5. The second-order valence-corrected chi connectivity index (χ2v) is 10.7. The van der Waals surface area contributed by atoms with Gasteiger partial charge in [0.2, 0.25) is 0 Å². The normalized spacial score (nSPS) is 13.4. The Morgan fingerprint density at radius 1 is 1.05 bits per heavy atom. The van der Waals surface area contributed by atoms with Gasteiger partial charge < -0.3 is 5.73 Å². The Labute approximate surface area is 121 Å². The zero-order valence-electron chi connectivity index (χ0n) is 12.2. The lowest BCUT2D eigenvalue weighted by Gasteiger charge is -2.19. The summed E-state index contributed by atoms with van der Waals surface area (Å²) in [6, 6.07) is 4.62. The van der Waals surface area contributed by atoms with Crippen LogP contribution in [0.15, 0.2) is 23.1 Å². The maximum atomic E-state index is 12.2. The van der Waals surface area contributed by atoms with Gasteiger partial charge in [-0.15, -0.1) is 0 Å². The maximum absolute atomic E-state index is 12.2. The van der Waals surface area contributed by atoms with Gasteiger partial charge in [-0.25, -0.2) is 16.8 Å². The summed E-state index contributed by atoms with van der Waals surface area (Å²) in [6.45, 7) is 6.45. The lowest BCUT2D eigenvalue weighted by molar-refractivity contribution is 0.559. The van der Waals surface area contributed by atoms with E-state index >= 15 is 0 Å². The van der Waals surface area contributed by atoms with Gasteiger partial charge in [-0.2, -0.15) is 0 Å². The average Bonchev–Trinajstić information content (AvgIpc) is 2.24. The third-order valence-corrected chi connectivity index (χ3v) is 7.70. The van der Waals surface area contributed by atoms with Crippen molar-refractivity contribution >= 4 is 25.4 Å². The van der Waals surface area contributed by atoms with Crippen LogP contribution >= 0.6 is 0 Å². The molecular weight excluding hydrogens is 298 g/mol. The molecule has 7 heteroatoms. The van der Waals surface area contributed by atoms with Gasteiger partial charge in [0.25, 0.3) is 0 Å². The van der Waals surface area contributed by atoms with E-state index in [9.17, 15) is 16.8 Å². The van der Waals surface area contributed by atoms with Gasteiger partial charge in [-0.05, 0) is 45.4 Å². The zero-order valence-corrected chi connectivity index (χ0v) is 13.8. The van der Waals surface area contributed by atoms with Crippen molar-refractivity contribution in [2.45, 2.75) is 37.3 Å². The molecule has 2 N–H and O–H groups in total. The summed E-state index contributed by atoms with van der Waals surface area (Å²) in [5.41, 5.74) is 6.71. The van der Waals surface area contributed by atoms with Gasteiger partial charge in [0, 0.05) is 0 Å². The molecule has 0 aliphatic heterocycles. The number of rotatable bonds is 4. The zero-order chi connectivity index (χ0) is 15.8. The van der Waals surface area contributed by atoms with Gasteiger partial charge in [0.15, 0.2) is 19.7 Å². The predicted molar refractivity (Wildman–Crippen MR) is 81.2 cm³/mol. The summed E-state index contributed by atoms with van der Waals surface area (Å²) in [5.74, 6) is -0.869. The van der Waals surface area contributed by atoms with Crippen molar-refractivity contribution in [2.75, 3.05) is 17.2 Å². The number of nitrogens with two attached hydrogens (primary N) is 1. The Morgan fingerprint density at radius 2 is 1.60 bits per heavy atom. The van der Waals surface area contributed by atoms with E-state index in [1.54, 1.807) is 39.8 Å². The first-order valence-corrected chi connectivity index (χ1v) is 9.48. The Kier molecular flexibility index (Phi) is 4.55. The van der Waals surface area contributed by atoms with Gasteiger partial charge in [0.1, 0.15) is 0 Å². The molecule has 5 nitrogen and oxygen atoms in total. The van der Waals surface area contributed by atoms with Crippen molar-refractivity contribution in [3.05, 3.63) is 23.8 Å². The van der Waals surface area contributed by atoms with Crippen LogP contribution in [0.4, 0.5) is 5.69 Å². The van der Waals surface area contributed by atoms with E-state index in [1.165, 1.54) is 6.07 Å². The number of benzene rings is 1. The monoisotopic (exact) mass is 319 g/mol. The highest BCUT2D eigenvalue weighted by molar-refractivity contribution is 7.95. The highest BCUT2D eigenvalue weighted by Gasteiger charge is 2.31. The van der Waals surface area contributed by atoms with Crippen LogP contribution in [0.1, 0.15) is 26.3 Å². The molecule has 0 heterocycles. The quantitative estimate of drug-likeness (QED) is 0.850. The van der Waals surface area contributed by atoms with Crippen molar-refractivity contribution < 1.29 is 16.8 Å².